The summed E-state index contributed by atoms with van der Waals surface area (Å²) in [5.74, 6) is -0.388. The second kappa shape index (κ2) is 5.19. The van der Waals surface area contributed by atoms with Crippen LogP contribution in [0, 0.1) is 5.41 Å². The lowest BCUT2D eigenvalue weighted by molar-refractivity contribution is -0.125. The van der Waals surface area contributed by atoms with Crippen molar-refractivity contribution < 1.29 is 4.79 Å². The lowest BCUT2D eigenvalue weighted by Crippen LogP contribution is -2.51. The van der Waals surface area contributed by atoms with E-state index < -0.39 is 10.8 Å². The Morgan fingerprint density at radius 2 is 1.91 bits per heavy atom. The Morgan fingerprint density at radius 1 is 1.13 bits per heavy atom. The SMILES string of the molecule is CC(C)(C)C(C(N)=O)(c1cccnc1)c1ccc2[nH]ncc2c1. The third-order valence-corrected chi connectivity index (χ3v) is 4.46. The number of hydrogen-bond donors (Lipinski definition) is 2. The number of hydrogen-bond acceptors (Lipinski definition) is 3. The van der Waals surface area contributed by atoms with Crippen LogP contribution in [-0.4, -0.2) is 21.1 Å². The summed E-state index contributed by atoms with van der Waals surface area (Å²) in [6, 6.07) is 9.57. The molecule has 0 fully saturated rings. The number of aromatic amines is 1. The third-order valence-electron chi connectivity index (χ3n) is 4.46. The van der Waals surface area contributed by atoms with E-state index in [1.54, 1.807) is 18.6 Å². The summed E-state index contributed by atoms with van der Waals surface area (Å²) in [7, 11) is 0. The van der Waals surface area contributed by atoms with Gasteiger partial charge in [-0.3, -0.25) is 14.9 Å². The minimum absolute atomic E-state index is 0.388. The van der Waals surface area contributed by atoms with Gasteiger partial charge in [0.2, 0.25) is 5.91 Å². The van der Waals surface area contributed by atoms with Crippen LogP contribution >= 0.6 is 0 Å². The van der Waals surface area contributed by atoms with Crippen LogP contribution in [-0.2, 0) is 10.2 Å². The number of nitrogens with two attached hydrogens (primary N) is 1. The molecule has 1 amide bonds. The number of fused-ring (bicyclic) bond motifs is 1. The molecule has 1 unspecified atom stereocenters. The molecule has 23 heavy (non-hydrogen) atoms. The highest BCUT2D eigenvalue weighted by Crippen LogP contribution is 2.47. The van der Waals surface area contributed by atoms with Crippen LogP contribution in [0.2, 0.25) is 0 Å². The second-order valence-electron chi connectivity index (χ2n) is 6.78. The lowest BCUT2D eigenvalue weighted by atomic mass is 9.59. The summed E-state index contributed by atoms with van der Waals surface area (Å²) in [6.07, 6.45) is 5.16. The van der Waals surface area contributed by atoms with Gasteiger partial charge in [-0.1, -0.05) is 32.9 Å². The summed E-state index contributed by atoms with van der Waals surface area (Å²) < 4.78 is 0. The predicted molar refractivity (Wildman–Crippen MR) is 89.8 cm³/mol. The molecular formula is C18H20N4O. The van der Waals surface area contributed by atoms with Crippen molar-refractivity contribution in [3.05, 3.63) is 60.0 Å². The molecule has 0 radical (unpaired) electrons. The Labute approximate surface area is 134 Å². The molecule has 0 aliphatic heterocycles. The van der Waals surface area contributed by atoms with Crippen molar-refractivity contribution >= 4 is 16.8 Å². The van der Waals surface area contributed by atoms with E-state index in [-0.39, 0.29) is 5.91 Å². The molecule has 3 aromatic rings. The number of amides is 1. The molecule has 0 spiro atoms. The van der Waals surface area contributed by atoms with Gasteiger partial charge in [0.1, 0.15) is 5.41 Å². The Morgan fingerprint density at radius 3 is 2.52 bits per heavy atom. The number of nitrogens with one attached hydrogen (secondary N) is 1. The average Bonchev–Trinajstić information content (AvgIpc) is 2.95. The summed E-state index contributed by atoms with van der Waals surface area (Å²) in [5, 5.41) is 7.92. The van der Waals surface area contributed by atoms with Gasteiger partial charge in [0, 0.05) is 17.8 Å². The Balaban J connectivity index is 2.37. The van der Waals surface area contributed by atoms with Gasteiger partial charge in [0.25, 0.3) is 0 Å². The maximum absolute atomic E-state index is 12.7. The zero-order chi connectivity index (χ0) is 16.7. The van der Waals surface area contributed by atoms with Crippen LogP contribution in [0.3, 0.4) is 0 Å². The molecule has 3 N–H and O–H groups in total. The summed E-state index contributed by atoms with van der Waals surface area (Å²) in [6.45, 7) is 6.05. The number of carbonyl (C=O) groups excluding carboxylic acids is 1. The number of rotatable bonds is 3. The monoisotopic (exact) mass is 308 g/mol. The van der Waals surface area contributed by atoms with Crippen molar-refractivity contribution in [2.75, 3.05) is 0 Å². The molecule has 0 saturated heterocycles. The van der Waals surface area contributed by atoms with Crippen molar-refractivity contribution in [2.24, 2.45) is 11.1 Å². The van der Waals surface area contributed by atoms with Gasteiger partial charge in [-0.15, -0.1) is 0 Å². The molecular weight excluding hydrogens is 288 g/mol. The Hall–Kier alpha value is -2.69. The minimum Gasteiger partial charge on any atom is -0.369 e. The number of benzene rings is 1. The fourth-order valence-electron chi connectivity index (χ4n) is 3.45. The van der Waals surface area contributed by atoms with Gasteiger partial charge in [-0.2, -0.15) is 5.10 Å². The molecule has 3 rings (SSSR count). The number of primary amides is 1. The van der Waals surface area contributed by atoms with E-state index in [1.165, 1.54) is 0 Å². The summed E-state index contributed by atoms with van der Waals surface area (Å²) >= 11 is 0. The van der Waals surface area contributed by atoms with Crippen molar-refractivity contribution in [2.45, 2.75) is 26.2 Å². The van der Waals surface area contributed by atoms with Crippen LogP contribution in [0.5, 0.6) is 0 Å². The highest BCUT2D eigenvalue weighted by atomic mass is 16.1. The van der Waals surface area contributed by atoms with Crippen molar-refractivity contribution in [1.82, 2.24) is 15.2 Å². The third kappa shape index (κ3) is 2.20. The standard InChI is InChI=1S/C18H20N4O/c1-17(2,3)18(16(19)23,14-5-4-8-20-11-14)13-6-7-15-12(9-13)10-21-22-15/h4-11H,1-3H3,(H2,19,23)(H,21,22). The lowest BCUT2D eigenvalue weighted by Gasteiger charge is -2.43. The Kier molecular flexibility index (Phi) is 3.43. The maximum Gasteiger partial charge on any atom is 0.233 e. The van der Waals surface area contributed by atoms with E-state index in [4.69, 9.17) is 5.73 Å². The smallest absolute Gasteiger partial charge is 0.233 e. The molecule has 0 bridgehead atoms. The average molecular weight is 308 g/mol. The van der Waals surface area contributed by atoms with E-state index in [2.05, 4.69) is 15.2 Å². The van der Waals surface area contributed by atoms with Crippen molar-refractivity contribution in [3.63, 3.8) is 0 Å². The van der Waals surface area contributed by atoms with Crippen LogP contribution in [0.15, 0.2) is 48.9 Å². The van der Waals surface area contributed by atoms with Crippen molar-refractivity contribution in [1.29, 1.82) is 0 Å². The Bertz CT molecular complexity index is 848. The van der Waals surface area contributed by atoms with Crippen LogP contribution in [0.25, 0.3) is 10.9 Å². The zero-order valence-electron chi connectivity index (χ0n) is 13.5. The first kappa shape index (κ1) is 15.2. The number of aromatic nitrogens is 3. The fourth-order valence-corrected chi connectivity index (χ4v) is 3.45. The fraction of sp³-hybridized carbons (Fsp3) is 0.278. The van der Waals surface area contributed by atoms with E-state index in [1.807, 2.05) is 51.1 Å². The topological polar surface area (TPSA) is 84.7 Å². The van der Waals surface area contributed by atoms with E-state index in [0.717, 1.165) is 22.0 Å². The maximum atomic E-state index is 12.7. The van der Waals surface area contributed by atoms with Gasteiger partial charge in [-0.25, -0.2) is 0 Å². The number of nitrogens with zero attached hydrogens (tertiary/aromatic N) is 2. The molecule has 0 aliphatic carbocycles. The molecule has 1 atom stereocenters. The first-order valence-corrected chi connectivity index (χ1v) is 7.51. The van der Waals surface area contributed by atoms with Gasteiger partial charge in [0.05, 0.1) is 11.7 Å². The predicted octanol–water partition coefficient (Wildman–Crippen LogP) is 2.78. The number of carbonyl (C=O) groups is 1. The molecule has 5 heteroatoms. The molecule has 5 nitrogen and oxygen atoms in total. The second-order valence-corrected chi connectivity index (χ2v) is 6.78. The van der Waals surface area contributed by atoms with Crippen LogP contribution in [0.1, 0.15) is 31.9 Å². The van der Waals surface area contributed by atoms with Crippen LogP contribution < -0.4 is 5.73 Å². The highest BCUT2D eigenvalue weighted by Gasteiger charge is 2.50. The van der Waals surface area contributed by atoms with E-state index in [0.29, 0.717) is 0 Å². The normalized spacial score (nSPS) is 14.6. The van der Waals surface area contributed by atoms with Gasteiger partial charge >= 0.3 is 0 Å². The molecule has 2 heterocycles. The van der Waals surface area contributed by atoms with Gasteiger partial charge in [-0.05, 0) is 34.7 Å². The molecule has 1 aromatic carbocycles. The van der Waals surface area contributed by atoms with Crippen molar-refractivity contribution in [3.8, 4) is 0 Å². The quantitative estimate of drug-likeness (QED) is 0.780. The van der Waals surface area contributed by atoms with Crippen LogP contribution in [0.4, 0.5) is 0 Å². The number of H-pyrrole nitrogens is 1. The highest BCUT2D eigenvalue weighted by molar-refractivity contribution is 5.93. The summed E-state index contributed by atoms with van der Waals surface area (Å²) in [5.41, 5.74) is 7.10. The number of pyridine rings is 1. The molecule has 2 aromatic heterocycles. The zero-order valence-corrected chi connectivity index (χ0v) is 13.5. The minimum atomic E-state index is -0.979. The molecule has 0 saturated carbocycles. The van der Waals surface area contributed by atoms with Gasteiger partial charge in [0.15, 0.2) is 0 Å². The molecule has 0 aliphatic rings. The summed E-state index contributed by atoms with van der Waals surface area (Å²) in [4.78, 5) is 16.9. The largest absolute Gasteiger partial charge is 0.369 e. The van der Waals surface area contributed by atoms with E-state index in [9.17, 15) is 4.79 Å². The first-order chi connectivity index (χ1) is 10.9. The first-order valence-electron chi connectivity index (χ1n) is 7.51. The van der Waals surface area contributed by atoms with Gasteiger partial charge < -0.3 is 5.73 Å². The molecule has 118 valence electrons. The van der Waals surface area contributed by atoms with E-state index >= 15 is 0 Å².